The van der Waals surface area contributed by atoms with Gasteiger partial charge in [0.15, 0.2) is 0 Å². The maximum atomic E-state index is 2.51. The fraction of sp³-hybridized carbons (Fsp3) is 1.00. The van der Waals surface area contributed by atoms with Gasteiger partial charge in [-0.05, 0) is 23.7 Å². The van der Waals surface area contributed by atoms with Crippen LogP contribution in [-0.4, -0.2) is 0 Å². The zero-order valence-corrected chi connectivity index (χ0v) is 28.1. The molecule has 38 heavy (non-hydrogen) atoms. The quantitative estimate of drug-likeness (QED) is 0.0775. The van der Waals surface area contributed by atoms with Crippen LogP contribution in [0.1, 0.15) is 221 Å². The highest BCUT2D eigenvalue weighted by molar-refractivity contribution is 4.62. The van der Waals surface area contributed by atoms with Crippen molar-refractivity contribution in [2.24, 2.45) is 23.7 Å². The van der Waals surface area contributed by atoms with Crippen molar-refractivity contribution in [2.75, 3.05) is 0 Å². The molecule has 0 nitrogen and oxygen atoms in total. The fourth-order valence-corrected chi connectivity index (χ4v) is 6.30. The Morgan fingerprint density at radius 3 is 0.789 bits per heavy atom. The first-order chi connectivity index (χ1) is 18.5. The molecule has 4 atom stereocenters. The van der Waals surface area contributed by atoms with Crippen LogP contribution >= 0.6 is 0 Å². The van der Waals surface area contributed by atoms with Gasteiger partial charge >= 0.3 is 0 Å². The first kappa shape index (κ1) is 38.0. The van der Waals surface area contributed by atoms with Gasteiger partial charge in [0.1, 0.15) is 0 Å². The van der Waals surface area contributed by atoms with E-state index in [0.29, 0.717) is 0 Å². The zero-order valence-electron chi connectivity index (χ0n) is 28.1. The van der Waals surface area contributed by atoms with Gasteiger partial charge in [-0.2, -0.15) is 0 Å². The van der Waals surface area contributed by atoms with Crippen molar-refractivity contribution in [3.05, 3.63) is 0 Å². The van der Waals surface area contributed by atoms with Gasteiger partial charge in [-0.25, -0.2) is 0 Å². The molecule has 0 N–H and O–H groups in total. The molecule has 0 aromatic rings. The van der Waals surface area contributed by atoms with Gasteiger partial charge in [0.2, 0.25) is 0 Å². The van der Waals surface area contributed by atoms with E-state index in [1.165, 1.54) is 180 Å². The molecule has 0 aliphatic carbocycles. The van der Waals surface area contributed by atoms with Crippen molar-refractivity contribution in [1.29, 1.82) is 0 Å². The van der Waals surface area contributed by atoms with E-state index >= 15 is 0 Å². The van der Waals surface area contributed by atoms with Crippen molar-refractivity contribution in [3.63, 3.8) is 0 Å². The molecule has 0 heterocycles. The second kappa shape index (κ2) is 30.0. The predicted octanol–water partition coefficient (Wildman–Crippen LogP) is 14.5. The molecule has 0 spiro atoms. The van der Waals surface area contributed by atoms with Gasteiger partial charge in [0.25, 0.3) is 0 Å². The minimum absolute atomic E-state index is 0.929. The van der Waals surface area contributed by atoms with Gasteiger partial charge in [-0.1, -0.05) is 221 Å². The summed E-state index contributed by atoms with van der Waals surface area (Å²) < 4.78 is 0. The first-order valence-corrected chi connectivity index (χ1v) is 18.5. The summed E-state index contributed by atoms with van der Waals surface area (Å²) in [5.74, 6) is 3.76. The van der Waals surface area contributed by atoms with Crippen LogP contribution in [0.2, 0.25) is 0 Å². The van der Waals surface area contributed by atoms with E-state index in [9.17, 15) is 0 Å². The van der Waals surface area contributed by atoms with Gasteiger partial charge in [-0.15, -0.1) is 0 Å². The third kappa shape index (κ3) is 29.0. The third-order valence-electron chi connectivity index (χ3n) is 9.68. The van der Waals surface area contributed by atoms with Gasteiger partial charge in [0, 0.05) is 0 Å². The van der Waals surface area contributed by atoms with Crippen molar-refractivity contribution < 1.29 is 0 Å². The molecule has 0 saturated carbocycles. The minimum atomic E-state index is 0.929. The van der Waals surface area contributed by atoms with E-state index in [1.807, 2.05) is 0 Å². The number of hydrogen-bond donors (Lipinski definition) is 0. The molecular formula is C38H78. The summed E-state index contributed by atoms with van der Waals surface area (Å²) >= 11 is 0. The summed E-state index contributed by atoms with van der Waals surface area (Å²) in [5.41, 5.74) is 0. The molecule has 0 aliphatic rings. The van der Waals surface area contributed by atoms with Gasteiger partial charge < -0.3 is 0 Å². The van der Waals surface area contributed by atoms with Gasteiger partial charge in [0.05, 0.1) is 0 Å². The molecule has 0 radical (unpaired) electrons. The highest BCUT2D eigenvalue weighted by atomic mass is 14.1. The highest BCUT2D eigenvalue weighted by Gasteiger charge is 2.08. The maximum Gasteiger partial charge on any atom is -0.0443 e. The molecule has 230 valence electrons. The maximum absolute atomic E-state index is 2.51. The first-order valence-electron chi connectivity index (χ1n) is 18.5. The Balaban J connectivity index is 3.34. The molecule has 0 saturated heterocycles. The average molecular weight is 535 g/mol. The van der Waals surface area contributed by atoms with Crippen LogP contribution in [0.25, 0.3) is 0 Å². The normalized spacial score (nSPS) is 15.0. The Kier molecular flexibility index (Phi) is 30.0. The summed E-state index contributed by atoms with van der Waals surface area (Å²) in [7, 11) is 0. The average Bonchev–Trinajstić information content (AvgIpc) is 2.90. The predicted molar refractivity (Wildman–Crippen MR) is 177 cm³/mol. The van der Waals surface area contributed by atoms with Crippen molar-refractivity contribution in [3.8, 4) is 0 Å². The third-order valence-corrected chi connectivity index (χ3v) is 9.68. The number of unbranched alkanes of at least 4 members (excludes halogenated alkanes) is 16. The number of hydrogen-bond acceptors (Lipinski definition) is 0. The summed E-state index contributed by atoms with van der Waals surface area (Å²) in [6, 6.07) is 0. The molecule has 0 rings (SSSR count). The topological polar surface area (TPSA) is 0 Å². The SMILES string of the molecule is CCCCCCCCCCCCCCCCCCCC(C)CCCC(C)CCCC(C)CCCC(C)CC. The number of rotatable bonds is 31. The molecule has 0 amide bonds. The summed E-state index contributed by atoms with van der Waals surface area (Å²) in [5, 5.41) is 0. The Morgan fingerprint density at radius 1 is 0.263 bits per heavy atom. The van der Waals surface area contributed by atoms with Crippen LogP contribution < -0.4 is 0 Å². The van der Waals surface area contributed by atoms with Crippen LogP contribution in [0.4, 0.5) is 0 Å². The second-order valence-corrected chi connectivity index (χ2v) is 14.1. The monoisotopic (exact) mass is 535 g/mol. The standard InChI is InChI=1S/C38H78/c1-7-9-10-11-12-13-14-15-16-17-18-19-20-21-22-23-24-28-36(4)31-26-32-38(6)34-27-33-37(5)30-25-29-35(3)8-2/h35-38H,7-34H2,1-6H3. The molecule has 0 aromatic carbocycles. The summed E-state index contributed by atoms with van der Waals surface area (Å²) in [6.45, 7) is 14.6. The van der Waals surface area contributed by atoms with Crippen molar-refractivity contribution >= 4 is 0 Å². The largest absolute Gasteiger partial charge is 0.0654 e. The molecule has 0 fully saturated rings. The Hall–Kier alpha value is 0. The molecule has 0 heteroatoms. The van der Waals surface area contributed by atoms with Crippen LogP contribution in [0.3, 0.4) is 0 Å². The zero-order chi connectivity index (χ0) is 28.1. The van der Waals surface area contributed by atoms with E-state index in [1.54, 1.807) is 0 Å². The highest BCUT2D eigenvalue weighted by Crippen LogP contribution is 2.24. The van der Waals surface area contributed by atoms with Gasteiger partial charge in [-0.3, -0.25) is 0 Å². The molecule has 0 aromatic heterocycles. The summed E-state index contributed by atoms with van der Waals surface area (Å²) in [4.78, 5) is 0. The second-order valence-electron chi connectivity index (χ2n) is 14.1. The minimum Gasteiger partial charge on any atom is -0.0654 e. The van der Waals surface area contributed by atoms with Crippen LogP contribution in [0.5, 0.6) is 0 Å². The van der Waals surface area contributed by atoms with E-state index in [4.69, 9.17) is 0 Å². The lowest BCUT2D eigenvalue weighted by molar-refractivity contribution is 0.368. The lowest BCUT2D eigenvalue weighted by Gasteiger charge is -2.16. The summed E-state index contributed by atoms with van der Waals surface area (Å²) in [6.07, 6.45) is 41.0. The van der Waals surface area contributed by atoms with Crippen molar-refractivity contribution in [1.82, 2.24) is 0 Å². The molecule has 4 unspecified atom stereocenters. The van der Waals surface area contributed by atoms with E-state index in [0.717, 1.165) is 23.7 Å². The molecule has 0 bridgehead atoms. The van der Waals surface area contributed by atoms with E-state index < -0.39 is 0 Å². The van der Waals surface area contributed by atoms with Crippen LogP contribution in [0, 0.1) is 23.7 Å². The lowest BCUT2D eigenvalue weighted by Crippen LogP contribution is -2.02. The lowest BCUT2D eigenvalue weighted by atomic mass is 9.90. The van der Waals surface area contributed by atoms with E-state index in [2.05, 4.69) is 41.5 Å². The molecule has 0 aliphatic heterocycles. The van der Waals surface area contributed by atoms with E-state index in [-0.39, 0.29) is 0 Å². The van der Waals surface area contributed by atoms with Crippen LogP contribution in [0.15, 0.2) is 0 Å². The Morgan fingerprint density at radius 2 is 0.500 bits per heavy atom. The fourth-order valence-electron chi connectivity index (χ4n) is 6.30. The Bertz CT molecular complexity index is 426. The van der Waals surface area contributed by atoms with Crippen LogP contribution in [-0.2, 0) is 0 Å². The van der Waals surface area contributed by atoms with Crippen molar-refractivity contribution in [2.45, 2.75) is 221 Å². The smallest absolute Gasteiger partial charge is 0.0443 e. The molecular weight excluding hydrogens is 456 g/mol. The Labute approximate surface area is 244 Å².